The normalized spacial score (nSPS) is 16.2. The summed E-state index contributed by atoms with van der Waals surface area (Å²) in [5, 5.41) is 6.65. The van der Waals surface area contributed by atoms with Gasteiger partial charge >= 0.3 is 0 Å². The van der Waals surface area contributed by atoms with Gasteiger partial charge in [-0.15, -0.1) is 0 Å². The molecule has 0 bridgehead atoms. The zero-order chi connectivity index (χ0) is 22.9. The third-order valence-corrected chi connectivity index (χ3v) is 5.10. The first-order valence-electron chi connectivity index (χ1n) is 10.7. The van der Waals surface area contributed by atoms with E-state index in [1.807, 2.05) is 24.0 Å². The maximum absolute atomic E-state index is 14.1. The lowest BCUT2D eigenvalue weighted by molar-refractivity contribution is -0.119. The average molecular weight is 446 g/mol. The predicted molar refractivity (Wildman–Crippen MR) is 121 cm³/mol. The summed E-state index contributed by atoms with van der Waals surface area (Å²) >= 11 is 0. The van der Waals surface area contributed by atoms with Crippen molar-refractivity contribution in [3.05, 3.63) is 59.7 Å². The molecule has 2 aromatic carbocycles. The highest BCUT2D eigenvalue weighted by Crippen LogP contribution is 2.24. The second-order valence-corrected chi connectivity index (χ2v) is 7.58. The Labute approximate surface area is 186 Å². The summed E-state index contributed by atoms with van der Waals surface area (Å²) in [7, 11) is 0. The Kier molecular flexibility index (Phi) is 8.24. The second kappa shape index (κ2) is 11.3. The highest BCUT2D eigenvalue weighted by molar-refractivity contribution is 5.80. The number of anilines is 1. The highest BCUT2D eigenvalue weighted by Gasteiger charge is 2.25. The molecule has 1 amide bonds. The fourth-order valence-corrected chi connectivity index (χ4v) is 3.55. The smallest absolute Gasteiger partial charge is 0.255 e. The van der Waals surface area contributed by atoms with Crippen LogP contribution in [0.4, 0.5) is 14.5 Å². The van der Waals surface area contributed by atoms with Crippen molar-refractivity contribution >= 4 is 17.6 Å². The molecular weight excluding hydrogens is 416 g/mol. The van der Waals surface area contributed by atoms with E-state index in [1.165, 1.54) is 12.1 Å². The summed E-state index contributed by atoms with van der Waals surface area (Å²) < 4.78 is 32.5. The largest absolute Gasteiger partial charge is 0.484 e. The number of benzene rings is 2. The van der Waals surface area contributed by atoms with Crippen molar-refractivity contribution < 1.29 is 18.3 Å². The van der Waals surface area contributed by atoms with Crippen molar-refractivity contribution in [1.29, 1.82) is 0 Å². The molecule has 0 saturated carbocycles. The lowest BCUT2D eigenvalue weighted by atomic mass is 10.1. The van der Waals surface area contributed by atoms with E-state index in [2.05, 4.69) is 15.6 Å². The van der Waals surface area contributed by atoms with Gasteiger partial charge in [-0.2, -0.15) is 0 Å². The second-order valence-electron chi connectivity index (χ2n) is 7.58. The van der Waals surface area contributed by atoms with Crippen LogP contribution in [0.25, 0.3) is 0 Å². The van der Waals surface area contributed by atoms with Gasteiger partial charge in [0.05, 0.1) is 5.69 Å². The SMILES string of the molecule is CCNC(=NCCc1ccc(OCC(N)=O)cc1)NC1CCN(c2ccc(F)cc2F)C1. The molecule has 1 aliphatic rings. The molecule has 1 atom stereocenters. The summed E-state index contributed by atoms with van der Waals surface area (Å²) in [6, 6.07) is 11.2. The number of nitrogens with two attached hydrogens (primary N) is 1. The van der Waals surface area contributed by atoms with Crippen molar-refractivity contribution in [3.8, 4) is 5.75 Å². The lowest BCUT2D eigenvalue weighted by Gasteiger charge is -2.21. The van der Waals surface area contributed by atoms with Gasteiger partial charge in [0.15, 0.2) is 12.6 Å². The lowest BCUT2D eigenvalue weighted by Crippen LogP contribution is -2.44. The van der Waals surface area contributed by atoms with Gasteiger partial charge < -0.3 is 26.0 Å². The number of ether oxygens (including phenoxy) is 1. The van der Waals surface area contributed by atoms with E-state index in [-0.39, 0.29) is 12.6 Å². The van der Waals surface area contributed by atoms with Crippen LogP contribution in [-0.2, 0) is 11.2 Å². The third kappa shape index (κ3) is 6.83. The Hall–Kier alpha value is -3.36. The number of amides is 1. The Bertz CT molecular complexity index is 936. The maximum Gasteiger partial charge on any atom is 0.255 e. The van der Waals surface area contributed by atoms with Crippen molar-refractivity contribution in [1.82, 2.24) is 10.6 Å². The van der Waals surface area contributed by atoms with E-state index in [9.17, 15) is 13.6 Å². The van der Waals surface area contributed by atoms with Crippen LogP contribution in [0.5, 0.6) is 5.75 Å². The molecule has 0 aliphatic carbocycles. The van der Waals surface area contributed by atoms with Crippen molar-refractivity contribution in [3.63, 3.8) is 0 Å². The number of carbonyl (C=O) groups excluding carboxylic acids is 1. The molecule has 0 aromatic heterocycles. The number of halogens is 2. The molecule has 0 radical (unpaired) electrons. The minimum Gasteiger partial charge on any atom is -0.484 e. The fourth-order valence-electron chi connectivity index (χ4n) is 3.55. The monoisotopic (exact) mass is 445 g/mol. The number of aliphatic imine (C=N–C) groups is 1. The van der Waals surface area contributed by atoms with Crippen LogP contribution in [0.15, 0.2) is 47.5 Å². The van der Waals surface area contributed by atoms with Gasteiger partial charge in [-0.3, -0.25) is 9.79 Å². The van der Waals surface area contributed by atoms with E-state index in [0.717, 1.165) is 31.0 Å². The van der Waals surface area contributed by atoms with Crippen LogP contribution in [0.3, 0.4) is 0 Å². The third-order valence-electron chi connectivity index (χ3n) is 5.10. The first-order chi connectivity index (χ1) is 15.4. The average Bonchev–Trinajstić information content (AvgIpc) is 3.21. The molecule has 32 heavy (non-hydrogen) atoms. The number of guanidine groups is 1. The van der Waals surface area contributed by atoms with Crippen LogP contribution in [0, 0.1) is 11.6 Å². The highest BCUT2D eigenvalue weighted by atomic mass is 19.1. The van der Waals surface area contributed by atoms with Gasteiger partial charge in [-0.1, -0.05) is 12.1 Å². The topological polar surface area (TPSA) is 92.0 Å². The molecule has 2 aromatic rings. The molecule has 0 spiro atoms. The molecule has 1 heterocycles. The summed E-state index contributed by atoms with van der Waals surface area (Å²) in [5.41, 5.74) is 6.58. The van der Waals surface area contributed by atoms with Crippen LogP contribution >= 0.6 is 0 Å². The van der Waals surface area contributed by atoms with Crippen molar-refractivity contribution in [2.75, 3.05) is 37.7 Å². The van der Waals surface area contributed by atoms with Crippen molar-refractivity contribution in [2.24, 2.45) is 10.7 Å². The predicted octanol–water partition coefficient (Wildman–Crippen LogP) is 2.21. The minimum atomic E-state index is -0.575. The molecular formula is C23H29F2N5O2. The molecule has 1 unspecified atom stereocenters. The first kappa shape index (κ1) is 23.3. The number of nitrogens with zero attached hydrogens (tertiary/aromatic N) is 2. The van der Waals surface area contributed by atoms with Crippen LogP contribution in [0.1, 0.15) is 18.9 Å². The molecule has 9 heteroatoms. The minimum absolute atomic E-state index is 0.110. The van der Waals surface area contributed by atoms with Gasteiger partial charge in [0.1, 0.15) is 17.4 Å². The number of carbonyl (C=O) groups is 1. The van der Waals surface area contributed by atoms with Gasteiger partial charge in [0, 0.05) is 38.3 Å². The first-order valence-corrected chi connectivity index (χ1v) is 10.7. The van der Waals surface area contributed by atoms with E-state index in [4.69, 9.17) is 10.5 Å². The van der Waals surface area contributed by atoms with Gasteiger partial charge in [0.25, 0.3) is 5.91 Å². The van der Waals surface area contributed by atoms with E-state index < -0.39 is 17.5 Å². The number of primary amides is 1. The van der Waals surface area contributed by atoms with Crippen LogP contribution in [0.2, 0.25) is 0 Å². The van der Waals surface area contributed by atoms with Crippen LogP contribution < -0.4 is 26.0 Å². The van der Waals surface area contributed by atoms with Gasteiger partial charge in [-0.25, -0.2) is 8.78 Å². The van der Waals surface area contributed by atoms with Crippen molar-refractivity contribution in [2.45, 2.75) is 25.8 Å². The van der Waals surface area contributed by atoms with Gasteiger partial charge in [-0.05, 0) is 49.6 Å². The zero-order valence-corrected chi connectivity index (χ0v) is 18.1. The summed E-state index contributed by atoms with van der Waals surface area (Å²) in [6.07, 6.45) is 1.57. The van der Waals surface area contributed by atoms with Gasteiger partial charge in [0.2, 0.25) is 0 Å². The molecule has 1 saturated heterocycles. The number of rotatable bonds is 9. The summed E-state index contributed by atoms with van der Waals surface area (Å²) in [5.74, 6) is -0.332. The van der Waals surface area contributed by atoms with E-state index in [1.54, 1.807) is 12.1 Å². The standard InChI is InChI=1S/C23H29F2N5O2/c1-2-27-23(28-11-9-16-3-6-19(7-4-16)32-15-22(26)31)29-18-10-12-30(14-18)21-8-5-17(24)13-20(21)25/h3-8,13,18H,2,9-12,14-15H2,1H3,(H2,26,31)(H2,27,28,29). The quantitative estimate of drug-likeness (QED) is 0.407. The van der Waals surface area contributed by atoms with Crippen LogP contribution in [-0.4, -0.2) is 50.7 Å². The van der Waals surface area contributed by atoms with E-state index in [0.29, 0.717) is 37.0 Å². The Morgan fingerprint density at radius 3 is 2.72 bits per heavy atom. The molecule has 4 N–H and O–H groups in total. The summed E-state index contributed by atoms with van der Waals surface area (Å²) in [6.45, 7) is 4.45. The molecule has 172 valence electrons. The fraction of sp³-hybridized carbons (Fsp3) is 0.391. The molecule has 7 nitrogen and oxygen atoms in total. The summed E-state index contributed by atoms with van der Waals surface area (Å²) in [4.78, 5) is 17.3. The molecule has 1 aliphatic heterocycles. The van der Waals surface area contributed by atoms with E-state index >= 15 is 0 Å². The number of hydrogen-bond donors (Lipinski definition) is 3. The number of hydrogen-bond acceptors (Lipinski definition) is 4. The number of nitrogens with one attached hydrogen (secondary N) is 2. The Morgan fingerprint density at radius 2 is 2.03 bits per heavy atom. The zero-order valence-electron chi connectivity index (χ0n) is 18.1. The maximum atomic E-state index is 14.1. The molecule has 1 fully saturated rings. The Balaban J connectivity index is 1.51. The molecule has 3 rings (SSSR count). The Morgan fingerprint density at radius 1 is 1.25 bits per heavy atom.